The van der Waals surface area contributed by atoms with E-state index in [1.54, 1.807) is 0 Å². The van der Waals surface area contributed by atoms with Crippen molar-refractivity contribution in [3.05, 3.63) is 28.7 Å². The predicted molar refractivity (Wildman–Crippen MR) is 79.6 cm³/mol. The number of aliphatic carboxylic acids is 1. The van der Waals surface area contributed by atoms with E-state index in [0.29, 0.717) is 13.1 Å². The van der Waals surface area contributed by atoms with Gasteiger partial charge in [-0.05, 0) is 32.0 Å². The van der Waals surface area contributed by atoms with Crippen LogP contribution in [0, 0.1) is 5.92 Å². The second-order valence-corrected chi connectivity index (χ2v) is 6.48. The van der Waals surface area contributed by atoms with Crippen LogP contribution in [0.1, 0.15) is 13.8 Å². The van der Waals surface area contributed by atoms with E-state index in [0.717, 1.165) is 16.7 Å². The number of nitrogens with zero attached hydrogens (tertiary/aromatic N) is 1. The Morgan fingerprint density at radius 2 is 2.26 bits per heavy atom. The van der Waals surface area contributed by atoms with Gasteiger partial charge in [-0.3, -0.25) is 4.79 Å². The molecule has 0 spiro atoms. The first-order valence-corrected chi connectivity index (χ1v) is 7.16. The molecule has 1 aliphatic rings. The molecule has 1 aliphatic heterocycles. The molecule has 1 heterocycles. The summed E-state index contributed by atoms with van der Waals surface area (Å²) in [7, 11) is 0. The first-order valence-electron chi connectivity index (χ1n) is 6.37. The standard InChI is InChI=1S/C14H19BrN2O2/c1-14(2)9-16-7-10(13(18)19)8-17(14)12-5-3-4-11(15)6-12/h3-6,10,16H,7-9H2,1-2H3,(H,18,19). The number of benzene rings is 1. The van der Waals surface area contributed by atoms with Crippen LogP contribution in [0.2, 0.25) is 0 Å². The van der Waals surface area contributed by atoms with E-state index in [9.17, 15) is 9.90 Å². The maximum atomic E-state index is 11.3. The lowest BCUT2D eigenvalue weighted by molar-refractivity contribution is -0.141. The molecule has 0 aromatic heterocycles. The number of halogens is 1. The molecule has 1 fully saturated rings. The van der Waals surface area contributed by atoms with Crippen molar-refractivity contribution < 1.29 is 9.90 Å². The van der Waals surface area contributed by atoms with Gasteiger partial charge in [-0.25, -0.2) is 0 Å². The monoisotopic (exact) mass is 326 g/mol. The number of hydrogen-bond donors (Lipinski definition) is 2. The number of nitrogens with one attached hydrogen (secondary N) is 1. The Morgan fingerprint density at radius 1 is 1.53 bits per heavy atom. The second kappa shape index (κ2) is 5.51. The van der Waals surface area contributed by atoms with E-state index < -0.39 is 5.97 Å². The summed E-state index contributed by atoms with van der Waals surface area (Å²) in [6.45, 7) is 6.06. The lowest BCUT2D eigenvalue weighted by atomic mass is 10.0. The Bertz CT molecular complexity index is 476. The molecule has 0 saturated carbocycles. The van der Waals surface area contributed by atoms with Crippen molar-refractivity contribution in [2.24, 2.45) is 5.92 Å². The second-order valence-electron chi connectivity index (χ2n) is 5.57. The zero-order chi connectivity index (χ0) is 14.0. The van der Waals surface area contributed by atoms with Crippen molar-refractivity contribution in [3.63, 3.8) is 0 Å². The quantitative estimate of drug-likeness (QED) is 0.875. The molecule has 1 saturated heterocycles. The van der Waals surface area contributed by atoms with Gasteiger partial charge in [-0.2, -0.15) is 0 Å². The smallest absolute Gasteiger partial charge is 0.309 e. The third-order valence-electron chi connectivity index (χ3n) is 3.55. The molecular weight excluding hydrogens is 308 g/mol. The Kier molecular flexibility index (Phi) is 4.16. The number of rotatable bonds is 2. The van der Waals surface area contributed by atoms with Gasteiger partial charge >= 0.3 is 5.97 Å². The molecule has 4 nitrogen and oxygen atoms in total. The minimum absolute atomic E-state index is 0.120. The van der Waals surface area contributed by atoms with Crippen LogP contribution in [0.25, 0.3) is 0 Å². The summed E-state index contributed by atoms with van der Waals surface area (Å²) in [5.41, 5.74) is 0.930. The molecule has 0 radical (unpaired) electrons. The van der Waals surface area contributed by atoms with Gasteiger partial charge in [0.25, 0.3) is 0 Å². The fourth-order valence-corrected chi connectivity index (χ4v) is 2.83. The average Bonchev–Trinajstić information content (AvgIpc) is 2.47. The molecule has 104 valence electrons. The van der Waals surface area contributed by atoms with Crippen LogP contribution in [-0.2, 0) is 4.79 Å². The summed E-state index contributed by atoms with van der Waals surface area (Å²) < 4.78 is 1.00. The number of hydrogen-bond acceptors (Lipinski definition) is 3. The summed E-state index contributed by atoms with van der Waals surface area (Å²) in [6, 6.07) is 8.01. The lowest BCUT2D eigenvalue weighted by Crippen LogP contribution is -2.49. The van der Waals surface area contributed by atoms with E-state index in [2.05, 4.69) is 40.0 Å². The summed E-state index contributed by atoms with van der Waals surface area (Å²) in [5.74, 6) is -1.13. The lowest BCUT2D eigenvalue weighted by Gasteiger charge is -2.39. The zero-order valence-electron chi connectivity index (χ0n) is 11.2. The maximum Gasteiger partial charge on any atom is 0.309 e. The highest BCUT2D eigenvalue weighted by Crippen LogP contribution is 2.28. The van der Waals surface area contributed by atoms with Crippen LogP contribution in [0.5, 0.6) is 0 Å². The minimum Gasteiger partial charge on any atom is -0.481 e. The Morgan fingerprint density at radius 3 is 2.89 bits per heavy atom. The molecule has 0 aliphatic carbocycles. The third kappa shape index (κ3) is 3.28. The van der Waals surface area contributed by atoms with Crippen molar-refractivity contribution in [2.75, 3.05) is 24.5 Å². The van der Waals surface area contributed by atoms with Gasteiger partial charge in [0.15, 0.2) is 0 Å². The van der Waals surface area contributed by atoms with Crippen LogP contribution in [-0.4, -0.2) is 36.2 Å². The fraction of sp³-hybridized carbons (Fsp3) is 0.500. The average molecular weight is 327 g/mol. The SMILES string of the molecule is CC1(C)CNCC(C(=O)O)CN1c1cccc(Br)c1. The summed E-state index contributed by atoms with van der Waals surface area (Å²) in [5, 5.41) is 12.5. The van der Waals surface area contributed by atoms with Gasteiger partial charge in [0, 0.05) is 35.3 Å². The molecule has 0 amide bonds. The van der Waals surface area contributed by atoms with E-state index in [-0.39, 0.29) is 11.5 Å². The third-order valence-corrected chi connectivity index (χ3v) is 4.04. The molecule has 1 unspecified atom stereocenters. The Hall–Kier alpha value is -1.07. The molecule has 2 rings (SSSR count). The molecule has 1 atom stereocenters. The van der Waals surface area contributed by atoms with Crippen molar-refractivity contribution in [2.45, 2.75) is 19.4 Å². The van der Waals surface area contributed by atoms with Gasteiger partial charge in [-0.15, -0.1) is 0 Å². The molecule has 2 N–H and O–H groups in total. The van der Waals surface area contributed by atoms with Gasteiger partial charge in [0.1, 0.15) is 0 Å². The highest BCUT2D eigenvalue weighted by atomic mass is 79.9. The van der Waals surface area contributed by atoms with E-state index in [4.69, 9.17) is 0 Å². The van der Waals surface area contributed by atoms with Crippen LogP contribution >= 0.6 is 15.9 Å². The van der Waals surface area contributed by atoms with Crippen molar-refractivity contribution in [1.82, 2.24) is 5.32 Å². The van der Waals surface area contributed by atoms with Crippen LogP contribution in [0.3, 0.4) is 0 Å². The van der Waals surface area contributed by atoms with Gasteiger partial charge < -0.3 is 15.3 Å². The summed E-state index contributed by atoms with van der Waals surface area (Å²) >= 11 is 3.47. The highest BCUT2D eigenvalue weighted by molar-refractivity contribution is 9.10. The number of anilines is 1. The molecule has 0 bridgehead atoms. The normalized spacial score (nSPS) is 22.9. The van der Waals surface area contributed by atoms with Crippen LogP contribution < -0.4 is 10.2 Å². The van der Waals surface area contributed by atoms with Crippen LogP contribution in [0.15, 0.2) is 28.7 Å². The molecule has 1 aromatic carbocycles. The predicted octanol–water partition coefficient (Wildman–Crippen LogP) is 2.34. The van der Waals surface area contributed by atoms with E-state index in [1.807, 2.05) is 24.3 Å². The molecule has 19 heavy (non-hydrogen) atoms. The Labute approximate surface area is 121 Å². The maximum absolute atomic E-state index is 11.3. The van der Waals surface area contributed by atoms with Crippen molar-refractivity contribution in [1.29, 1.82) is 0 Å². The zero-order valence-corrected chi connectivity index (χ0v) is 12.8. The van der Waals surface area contributed by atoms with Crippen LogP contribution in [0.4, 0.5) is 5.69 Å². The van der Waals surface area contributed by atoms with E-state index >= 15 is 0 Å². The highest BCUT2D eigenvalue weighted by Gasteiger charge is 2.34. The first kappa shape index (κ1) is 14.3. The van der Waals surface area contributed by atoms with E-state index in [1.165, 1.54) is 0 Å². The summed E-state index contributed by atoms with van der Waals surface area (Å²) in [4.78, 5) is 13.5. The van der Waals surface area contributed by atoms with Gasteiger partial charge in [0.2, 0.25) is 0 Å². The van der Waals surface area contributed by atoms with Gasteiger partial charge in [0.05, 0.1) is 5.92 Å². The largest absolute Gasteiger partial charge is 0.481 e. The topological polar surface area (TPSA) is 52.6 Å². The first-order chi connectivity index (χ1) is 8.90. The number of carbonyl (C=O) groups is 1. The number of carboxylic acid groups (broad SMARTS) is 1. The number of carboxylic acids is 1. The van der Waals surface area contributed by atoms with Crippen molar-refractivity contribution in [3.8, 4) is 0 Å². The van der Waals surface area contributed by atoms with Crippen molar-refractivity contribution >= 4 is 27.6 Å². The van der Waals surface area contributed by atoms with Gasteiger partial charge in [-0.1, -0.05) is 22.0 Å². The molecular formula is C14H19BrN2O2. The summed E-state index contributed by atoms with van der Waals surface area (Å²) in [6.07, 6.45) is 0. The Balaban J connectivity index is 2.34. The molecule has 1 aromatic rings. The fourth-order valence-electron chi connectivity index (χ4n) is 2.44. The minimum atomic E-state index is -0.745. The molecule has 5 heteroatoms.